The van der Waals surface area contributed by atoms with Crippen molar-refractivity contribution in [2.24, 2.45) is 0 Å². The second-order valence-corrected chi connectivity index (χ2v) is 7.53. The number of aromatic nitrogens is 1. The third kappa shape index (κ3) is 4.00. The molecule has 0 radical (unpaired) electrons. The number of hydrogen-bond acceptors (Lipinski definition) is 4. The molecule has 5 nitrogen and oxygen atoms in total. The lowest BCUT2D eigenvalue weighted by atomic mass is 10.2. The average Bonchev–Trinajstić information content (AvgIpc) is 3.15. The van der Waals surface area contributed by atoms with E-state index in [4.69, 9.17) is 4.74 Å². The molecule has 1 amide bonds. The molecule has 3 aromatic rings. The summed E-state index contributed by atoms with van der Waals surface area (Å²) in [7, 11) is 0. The first kappa shape index (κ1) is 18.0. The van der Waals surface area contributed by atoms with Crippen LogP contribution in [0.4, 0.5) is 9.52 Å². The number of nitrogens with zero attached hydrogens (tertiary/aromatic N) is 2. The van der Waals surface area contributed by atoms with Gasteiger partial charge in [-0.3, -0.25) is 9.69 Å². The van der Waals surface area contributed by atoms with Crippen LogP contribution in [0.2, 0.25) is 0 Å². The van der Waals surface area contributed by atoms with Crippen LogP contribution in [0, 0.1) is 5.82 Å². The minimum absolute atomic E-state index is 0.109. The highest BCUT2D eigenvalue weighted by molar-refractivity contribution is 7.22. The molecule has 1 saturated heterocycles. The fourth-order valence-electron chi connectivity index (χ4n) is 3.22. The number of hydrogen-bond donors (Lipinski definition) is 1. The number of carbonyl (C=O) groups excluding carboxylic acids is 1. The molecule has 0 bridgehead atoms. The summed E-state index contributed by atoms with van der Waals surface area (Å²) in [6.07, 6.45) is 0. The molecule has 1 aliphatic rings. The van der Waals surface area contributed by atoms with E-state index in [1.54, 1.807) is 23.1 Å². The Hall–Kier alpha value is -2.35. The molecule has 2 heterocycles. The quantitative estimate of drug-likeness (QED) is 0.730. The maximum absolute atomic E-state index is 14.1. The summed E-state index contributed by atoms with van der Waals surface area (Å²) >= 11 is 1.35. The lowest BCUT2D eigenvalue weighted by Gasteiger charge is -2.26. The second-order valence-electron chi connectivity index (χ2n) is 6.52. The van der Waals surface area contributed by atoms with E-state index in [2.05, 4.69) is 4.98 Å². The molecular formula is C20H21FN3O2S+. The van der Waals surface area contributed by atoms with Gasteiger partial charge >= 0.3 is 0 Å². The number of halogens is 1. The van der Waals surface area contributed by atoms with Crippen molar-refractivity contribution in [2.75, 3.05) is 44.3 Å². The van der Waals surface area contributed by atoms with Gasteiger partial charge in [-0.2, -0.15) is 0 Å². The number of anilines is 1. The van der Waals surface area contributed by atoms with E-state index in [0.29, 0.717) is 22.8 Å². The van der Waals surface area contributed by atoms with Gasteiger partial charge in [0.1, 0.15) is 24.4 Å². The van der Waals surface area contributed by atoms with Crippen molar-refractivity contribution in [1.82, 2.24) is 4.98 Å². The number of para-hydroxylation sites is 1. The normalized spacial score (nSPS) is 15.1. The summed E-state index contributed by atoms with van der Waals surface area (Å²) < 4.78 is 20.2. The van der Waals surface area contributed by atoms with E-state index in [9.17, 15) is 9.18 Å². The number of amides is 1. The van der Waals surface area contributed by atoms with Crippen LogP contribution in [0.3, 0.4) is 0 Å². The maximum Gasteiger partial charge on any atom is 0.260 e. The van der Waals surface area contributed by atoms with Crippen molar-refractivity contribution < 1.29 is 18.8 Å². The molecule has 1 aliphatic heterocycles. The van der Waals surface area contributed by atoms with Gasteiger partial charge in [0.15, 0.2) is 5.13 Å². The van der Waals surface area contributed by atoms with Gasteiger partial charge in [-0.1, -0.05) is 35.6 Å². The van der Waals surface area contributed by atoms with Crippen LogP contribution in [0.1, 0.15) is 10.4 Å². The molecule has 1 N–H and O–H groups in total. The number of rotatable bonds is 5. The zero-order valence-corrected chi connectivity index (χ0v) is 15.7. The van der Waals surface area contributed by atoms with E-state index in [1.807, 2.05) is 24.3 Å². The zero-order valence-electron chi connectivity index (χ0n) is 14.9. The molecule has 4 rings (SSSR count). The Morgan fingerprint density at radius 1 is 1.15 bits per heavy atom. The largest absolute Gasteiger partial charge is 0.370 e. The first-order valence-electron chi connectivity index (χ1n) is 9.05. The Bertz CT molecular complexity index is 925. The number of ether oxygens (including phenoxy) is 1. The number of thiazole rings is 1. The molecule has 0 spiro atoms. The van der Waals surface area contributed by atoms with Crippen LogP contribution in [-0.2, 0) is 4.74 Å². The predicted molar refractivity (Wildman–Crippen MR) is 104 cm³/mol. The summed E-state index contributed by atoms with van der Waals surface area (Å²) in [6, 6.07) is 14.1. The highest BCUT2D eigenvalue weighted by atomic mass is 32.1. The average molecular weight is 386 g/mol. The lowest BCUT2D eigenvalue weighted by molar-refractivity contribution is -0.906. The first-order chi connectivity index (χ1) is 13.2. The van der Waals surface area contributed by atoms with Crippen molar-refractivity contribution in [1.29, 1.82) is 0 Å². The van der Waals surface area contributed by atoms with Gasteiger partial charge in [0.2, 0.25) is 0 Å². The molecule has 27 heavy (non-hydrogen) atoms. The molecule has 0 aliphatic carbocycles. The van der Waals surface area contributed by atoms with E-state index in [1.165, 1.54) is 22.3 Å². The number of morpholine rings is 1. The van der Waals surface area contributed by atoms with E-state index < -0.39 is 0 Å². The molecule has 1 aromatic heterocycles. The Balaban J connectivity index is 1.63. The Morgan fingerprint density at radius 3 is 2.67 bits per heavy atom. The number of carbonyl (C=O) groups is 1. The SMILES string of the molecule is O=C(c1ccccc1)N(CC[NH+]1CCOCC1)c1nc2c(F)cccc2s1. The molecule has 140 valence electrons. The highest BCUT2D eigenvalue weighted by Gasteiger charge is 2.24. The van der Waals surface area contributed by atoms with Crippen molar-refractivity contribution in [3.63, 3.8) is 0 Å². The molecule has 0 atom stereocenters. The Labute approximate surface area is 161 Å². The van der Waals surface area contributed by atoms with Crippen molar-refractivity contribution in [3.8, 4) is 0 Å². The van der Waals surface area contributed by atoms with Crippen LogP contribution in [-0.4, -0.2) is 50.3 Å². The third-order valence-corrected chi connectivity index (χ3v) is 5.79. The monoisotopic (exact) mass is 386 g/mol. The first-order valence-corrected chi connectivity index (χ1v) is 9.87. The summed E-state index contributed by atoms with van der Waals surface area (Å²) in [5, 5.41) is 0.539. The van der Waals surface area contributed by atoms with Crippen LogP contribution in [0.15, 0.2) is 48.5 Å². The molecular weight excluding hydrogens is 365 g/mol. The Morgan fingerprint density at radius 2 is 1.93 bits per heavy atom. The minimum Gasteiger partial charge on any atom is -0.370 e. The topological polar surface area (TPSA) is 46.9 Å². The third-order valence-electron chi connectivity index (χ3n) is 4.74. The number of fused-ring (bicyclic) bond motifs is 1. The van der Waals surface area contributed by atoms with E-state index in [0.717, 1.165) is 37.5 Å². The summed E-state index contributed by atoms with van der Waals surface area (Å²) in [4.78, 5) is 20.7. The van der Waals surface area contributed by atoms with Gasteiger partial charge < -0.3 is 9.64 Å². The van der Waals surface area contributed by atoms with Gasteiger partial charge in [-0.05, 0) is 24.3 Å². The number of benzene rings is 2. The fraction of sp³-hybridized carbons (Fsp3) is 0.300. The minimum atomic E-state index is -0.360. The summed E-state index contributed by atoms with van der Waals surface area (Å²) in [5.41, 5.74) is 0.927. The highest BCUT2D eigenvalue weighted by Crippen LogP contribution is 2.30. The number of nitrogens with one attached hydrogen (secondary N) is 1. The van der Waals surface area contributed by atoms with E-state index in [-0.39, 0.29) is 11.7 Å². The van der Waals surface area contributed by atoms with Gasteiger partial charge in [0.05, 0.1) is 31.0 Å². The summed E-state index contributed by atoms with van der Waals surface area (Å²) in [6.45, 7) is 4.69. The van der Waals surface area contributed by atoms with Crippen LogP contribution < -0.4 is 9.80 Å². The van der Waals surface area contributed by atoms with Crippen molar-refractivity contribution in [2.45, 2.75) is 0 Å². The molecule has 0 unspecified atom stereocenters. The van der Waals surface area contributed by atoms with Gasteiger partial charge in [-0.15, -0.1) is 0 Å². The molecule has 2 aromatic carbocycles. The van der Waals surface area contributed by atoms with E-state index >= 15 is 0 Å². The predicted octanol–water partition coefficient (Wildman–Crippen LogP) is 2.00. The van der Waals surface area contributed by atoms with Gasteiger partial charge in [-0.25, -0.2) is 9.37 Å². The lowest BCUT2D eigenvalue weighted by Crippen LogP contribution is -3.14. The standard InChI is InChI=1S/C20H20FN3O2S/c21-16-7-4-8-17-18(16)22-20(27-17)24(10-9-23-11-13-26-14-12-23)19(25)15-5-2-1-3-6-15/h1-8H,9-14H2/p+1. The van der Waals surface area contributed by atoms with Crippen LogP contribution in [0.25, 0.3) is 10.2 Å². The maximum atomic E-state index is 14.1. The van der Waals surface area contributed by atoms with Crippen LogP contribution >= 0.6 is 11.3 Å². The molecule has 7 heteroatoms. The number of quaternary nitrogens is 1. The van der Waals surface area contributed by atoms with Crippen molar-refractivity contribution >= 4 is 32.6 Å². The summed E-state index contributed by atoms with van der Waals surface area (Å²) in [5.74, 6) is -0.469. The van der Waals surface area contributed by atoms with Gasteiger partial charge in [0, 0.05) is 5.56 Å². The van der Waals surface area contributed by atoms with Gasteiger partial charge in [0.25, 0.3) is 5.91 Å². The molecule has 1 fully saturated rings. The van der Waals surface area contributed by atoms with Crippen molar-refractivity contribution in [3.05, 3.63) is 59.9 Å². The van der Waals surface area contributed by atoms with Crippen LogP contribution in [0.5, 0.6) is 0 Å². The second kappa shape index (κ2) is 8.12. The molecule has 0 saturated carbocycles. The Kier molecular flexibility index (Phi) is 5.42. The zero-order chi connectivity index (χ0) is 18.6. The smallest absolute Gasteiger partial charge is 0.260 e. The fourth-order valence-corrected chi connectivity index (χ4v) is 4.22.